The quantitative estimate of drug-likeness (QED) is 0.764. The van der Waals surface area contributed by atoms with E-state index in [4.69, 9.17) is 16.2 Å². The van der Waals surface area contributed by atoms with Gasteiger partial charge in [0.2, 0.25) is 11.8 Å². The Bertz CT molecular complexity index is 389. The minimum absolute atomic E-state index is 0.171. The summed E-state index contributed by atoms with van der Waals surface area (Å²) in [5.41, 5.74) is 11.1. The first-order valence-corrected chi connectivity index (χ1v) is 5.31. The minimum atomic E-state index is -0.472. The molecule has 0 saturated heterocycles. The SMILES string of the molecule is NCC1CC(Oc2cc(C(N)=O)ccn2)C1. The van der Waals surface area contributed by atoms with Gasteiger partial charge in [-0.05, 0) is 31.4 Å². The summed E-state index contributed by atoms with van der Waals surface area (Å²) >= 11 is 0. The Kier molecular flexibility index (Phi) is 3.05. The van der Waals surface area contributed by atoms with Crippen LogP contribution in [0.3, 0.4) is 0 Å². The molecule has 2 rings (SSSR count). The molecule has 86 valence electrons. The number of hydrogen-bond acceptors (Lipinski definition) is 4. The molecular weight excluding hydrogens is 206 g/mol. The predicted molar refractivity (Wildman–Crippen MR) is 58.9 cm³/mol. The number of pyridine rings is 1. The molecule has 1 fully saturated rings. The van der Waals surface area contributed by atoms with Gasteiger partial charge >= 0.3 is 0 Å². The van der Waals surface area contributed by atoms with E-state index in [1.165, 1.54) is 6.20 Å². The maximum Gasteiger partial charge on any atom is 0.248 e. The van der Waals surface area contributed by atoms with Crippen molar-refractivity contribution in [2.24, 2.45) is 17.4 Å². The van der Waals surface area contributed by atoms with Crippen molar-refractivity contribution in [2.45, 2.75) is 18.9 Å². The van der Waals surface area contributed by atoms with Crippen LogP contribution in [0.5, 0.6) is 5.88 Å². The van der Waals surface area contributed by atoms with Gasteiger partial charge in [-0.1, -0.05) is 0 Å². The largest absolute Gasteiger partial charge is 0.474 e. The zero-order valence-corrected chi connectivity index (χ0v) is 8.93. The Labute approximate surface area is 93.8 Å². The highest BCUT2D eigenvalue weighted by atomic mass is 16.5. The molecule has 0 atom stereocenters. The summed E-state index contributed by atoms with van der Waals surface area (Å²) in [6.45, 7) is 0.703. The normalized spacial score (nSPS) is 23.6. The maximum atomic E-state index is 10.9. The van der Waals surface area contributed by atoms with Crippen LogP contribution in [0, 0.1) is 5.92 Å². The van der Waals surface area contributed by atoms with E-state index in [1.54, 1.807) is 12.1 Å². The van der Waals surface area contributed by atoms with Gasteiger partial charge in [-0.3, -0.25) is 4.79 Å². The molecule has 4 N–H and O–H groups in total. The number of carbonyl (C=O) groups excluding carboxylic acids is 1. The molecule has 1 aliphatic rings. The number of rotatable bonds is 4. The van der Waals surface area contributed by atoms with E-state index in [0.29, 0.717) is 23.9 Å². The topological polar surface area (TPSA) is 91.2 Å². The number of hydrogen-bond donors (Lipinski definition) is 2. The van der Waals surface area contributed by atoms with Crippen molar-refractivity contribution < 1.29 is 9.53 Å². The molecule has 0 unspecified atom stereocenters. The van der Waals surface area contributed by atoms with Crippen LogP contribution < -0.4 is 16.2 Å². The van der Waals surface area contributed by atoms with Crippen LogP contribution >= 0.6 is 0 Å². The predicted octanol–water partition coefficient (Wildman–Crippen LogP) is 0.297. The molecule has 16 heavy (non-hydrogen) atoms. The molecule has 5 nitrogen and oxygen atoms in total. The van der Waals surface area contributed by atoms with Crippen LogP contribution in [0.1, 0.15) is 23.2 Å². The van der Waals surface area contributed by atoms with Gasteiger partial charge in [-0.2, -0.15) is 0 Å². The molecule has 0 aromatic carbocycles. The lowest BCUT2D eigenvalue weighted by molar-refractivity contribution is 0.0647. The molecule has 0 aliphatic heterocycles. The van der Waals surface area contributed by atoms with Crippen LogP contribution in [0.15, 0.2) is 18.3 Å². The van der Waals surface area contributed by atoms with Crippen LogP contribution in [-0.4, -0.2) is 23.5 Å². The summed E-state index contributed by atoms with van der Waals surface area (Å²) in [4.78, 5) is 15.0. The number of carbonyl (C=O) groups is 1. The number of nitrogens with two attached hydrogens (primary N) is 2. The summed E-state index contributed by atoms with van der Waals surface area (Å²) in [5.74, 6) is 0.543. The number of amides is 1. The summed E-state index contributed by atoms with van der Waals surface area (Å²) in [5, 5.41) is 0. The molecule has 0 radical (unpaired) electrons. The van der Waals surface area contributed by atoms with Crippen LogP contribution in [0.2, 0.25) is 0 Å². The zero-order valence-electron chi connectivity index (χ0n) is 8.93. The third-order valence-electron chi connectivity index (χ3n) is 2.83. The third kappa shape index (κ3) is 2.30. The molecule has 1 amide bonds. The first-order chi connectivity index (χ1) is 7.69. The highest BCUT2D eigenvalue weighted by Gasteiger charge is 2.29. The maximum absolute atomic E-state index is 10.9. The van der Waals surface area contributed by atoms with Crippen LogP contribution in [0.4, 0.5) is 0 Å². The minimum Gasteiger partial charge on any atom is -0.474 e. The van der Waals surface area contributed by atoms with Crippen molar-refractivity contribution in [3.8, 4) is 5.88 Å². The smallest absolute Gasteiger partial charge is 0.248 e. The highest BCUT2D eigenvalue weighted by Crippen LogP contribution is 2.29. The van der Waals surface area contributed by atoms with E-state index >= 15 is 0 Å². The molecule has 1 aliphatic carbocycles. The molecule has 0 spiro atoms. The first kappa shape index (κ1) is 10.9. The Hall–Kier alpha value is -1.62. The van der Waals surface area contributed by atoms with E-state index < -0.39 is 5.91 Å². The fourth-order valence-electron chi connectivity index (χ4n) is 1.76. The average molecular weight is 221 g/mol. The Morgan fingerprint density at radius 1 is 1.56 bits per heavy atom. The third-order valence-corrected chi connectivity index (χ3v) is 2.83. The van der Waals surface area contributed by atoms with Crippen molar-refractivity contribution >= 4 is 5.91 Å². The summed E-state index contributed by atoms with van der Waals surface area (Å²) < 4.78 is 5.60. The van der Waals surface area contributed by atoms with Gasteiger partial charge in [-0.15, -0.1) is 0 Å². The number of nitrogens with zero attached hydrogens (tertiary/aromatic N) is 1. The van der Waals surface area contributed by atoms with Crippen molar-refractivity contribution in [3.63, 3.8) is 0 Å². The molecule has 5 heteroatoms. The van der Waals surface area contributed by atoms with Gasteiger partial charge in [0.15, 0.2) is 0 Å². The van der Waals surface area contributed by atoms with Crippen molar-refractivity contribution in [1.29, 1.82) is 0 Å². The van der Waals surface area contributed by atoms with Gasteiger partial charge in [-0.25, -0.2) is 4.98 Å². The van der Waals surface area contributed by atoms with E-state index in [9.17, 15) is 4.79 Å². The van der Waals surface area contributed by atoms with Crippen molar-refractivity contribution in [1.82, 2.24) is 4.98 Å². The number of ether oxygens (including phenoxy) is 1. The second-order valence-electron chi connectivity index (χ2n) is 4.06. The molecule has 1 heterocycles. The van der Waals surface area contributed by atoms with Gasteiger partial charge in [0, 0.05) is 17.8 Å². The fourth-order valence-corrected chi connectivity index (χ4v) is 1.76. The lowest BCUT2D eigenvalue weighted by Crippen LogP contribution is -2.37. The van der Waals surface area contributed by atoms with Crippen molar-refractivity contribution in [3.05, 3.63) is 23.9 Å². The molecule has 1 aromatic heterocycles. The van der Waals surface area contributed by atoms with Gasteiger partial charge in [0.25, 0.3) is 0 Å². The average Bonchev–Trinajstić information content (AvgIpc) is 2.23. The Balaban J connectivity index is 1.95. The first-order valence-electron chi connectivity index (χ1n) is 5.31. The molecular formula is C11H15N3O2. The molecule has 0 bridgehead atoms. The second kappa shape index (κ2) is 4.49. The van der Waals surface area contributed by atoms with Gasteiger partial charge < -0.3 is 16.2 Å². The number of aromatic nitrogens is 1. The van der Waals surface area contributed by atoms with Crippen LogP contribution in [0.25, 0.3) is 0 Å². The van der Waals surface area contributed by atoms with Crippen LogP contribution in [-0.2, 0) is 0 Å². The van der Waals surface area contributed by atoms with E-state index in [-0.39, 0.29) is 6.10 Å². The van der Waals surface area contributed by atoms with Gasteiger partial charge in [0.05, 0.1) is 0 Å². The summed E-state index contributed by atoms with van der Waals surface area (Å²) in [7, 11) is 0. The van der Waals surface area contributed by atoms with Gasteiger partial charge in [0.1, 0.15) is 6.10 Å². The fraction of sp³-hybridized carbons (Fsp3) is 0.455. The van der Waals surface area contributed by atoms with E-state index in [2.05, 4.69) is 4.98 Å². The molecule has 1 aromatic rings. The second-order valence-corrected chi connectivity index (χ2v) is 4.06. The Morgan fingerprint density at radius 3 is 2.94 bits per heavy atom. The lowest BCUT2D eigenvalue weighted by Gasteiger charge is -2.34. The van der Waals surface area contributed by atoms with Crippen molar-refractivity contribution in [2.75, 3.05) is 6.54 Å². The monoisotopic (exact) mass is 221 g/mol. The van der Waals surface area contributed by atoms with E-state index in [0.717, 1.165) is 12.8 Å². The lowest BCUT2D eigenvalue weighted by atomic mass is 9.82. The molecule has 1 saturated carbocycles. The summed E-state index contributed by atoms with van der Waals surface area (Å²) in [6, 6.07) is 3.14. The zero-order chi connectivity index (χ0) is 11.5. The van der Waals surface area contributed by atoms with E-state index in [1.807, 2.05) is 0 Å². The number of primary amides is 1. The standard InChI is InChI=1S/C11H15N3O2/c12-6-7-3-9(4-7)16-10-5-8(11(13)15)1-2-14-10/h1-2,5,7,9H,3-4,6,12H2,(H2,13,15). The summed E-state index contributed by atoms with van der Waals surface area (Å²) in [6.07, 6.45) is 3.61. The highest BCUT2D eigenvalue weighted by molar-refractivity contribution is 5.92. The Morgan fingerprint density at radius 2 is 2.31 bits per heavy atom.